The first kappa shape index (κ1) is 13.6. The number of nitrogens with one attached hydrogen (secondary N) is 1. The highest BCUT2D eigenvalue weighted by Crippen LogP contribution is 2.33. The Balaban J connectivity index is 1.73. The number of aromatic nitrogens is 1. The van der Waals surface area contributed by atoms with Crippen LogP contribution in [0, 0.1) is 0 Å². The summed E-state index contributed by atoms with van der Waals surface area (Å²) < 4.78 is 6.86. The van der Waals surface area contributed by atoms with Gasteiger partial charge in [0.2, 0.25) is 0 Å². The molecule has 0 radical (unpaired) electrons. The van der Waals surface area contributed by atoms with E-state index in [1.165, 1.54) is 11.1 Å². The van der Waals surface area contributed by atoms with E-state index in [9.17, 15) is 0 Å². The third-order valence-electron chi connectivity index (χ3n) is 3.56. The third kappa shape index (κ3) is 2.86. The van der Waals surface area contributed by atoms with Crippen LogP contribution in [-0.2, 0) is 13.0 Å². The molecule has 104 valence electrons. The van der Waals surface area contributed by atoms with Crippen LogP contribution in [0.25, 0.3) is 0 Å². The molecule has 20 heavy (non-hydrogen) atoms. The van der Waals surface area contributed by atoms with E-state index in [4.69, 9.17) is 4.74 Å². The summed E-state index contributed by atoms with van der Waals surface area (Å²) in [5.74, 6) is 1.05. The largest absolute Gasteiger partial charge is 0.493 e. The number of fused-ring (bicyclic) bond motifs is 1. The quantitative estimate of drug-likeness (QED) is 0.928. The summed E-state index contributed by atoms with van der Waals surface area (Å²) in [6.07, 6.45) is 2.82. The highest BCUT2D eigenvalue weighted by Gasteiger charge is 2.18. The van der Waals surface area contributed by atoms with Gasteiger partial charge in [-0.05, 0) is 36.8 Å². The maximum atomic E-state index is 5.75. The van der Waals surface area contributed by atoms with Gasteiger partial charge in [0.05, 0.1) is 12.3 Å². The van der Waals surface area contributed by atoms with Crippen molar-refractivity contribution >= 4 is 15.9 Å². The molecule has 4 heteroatoms. The van der Waals surface area contributed by atoms with Crippen molar-refractivity contribution in [1.82, 2.24) is 10.3 Å². The van der Waals surface area contributed by atoms with Crippen molar-refractivity contribution < 1.29 is 4.74 Å². The lowest BCUT2D eigenvalue weighted by Crippen LogP contribution is -2.19. The fourth-order valence-electron chi connectivity index (χ4n) is 2.48. The lowest BCUT2D eigenvalue weighted by molar-refractivity contribution is 0.351. The summed E-state index contributed by atoms with van der Waals surface area (Å²) in [6.45, 7) is 3.69. The maximum Gasteiger partial charge on any atom is 0.127 e. The zero-order chi connectivity index (χ0) is 13.9. The number of rotatable bonds is 4. The molecule has 0 aliphatic carbocycles. The van der Waals surface area contributed by atoms with Crippen LogP contribution in [-0.4, -0.2) is 11.6 Å². The Labute approximate surface area is 127 Å². The monoisotopic (exact) mass is 332 g/mol. The van der Waals surface area contributed by atoms with E-state index in [1.807, 2.05) is 24.4 Å². The molecule has 1 aliphatic rings. The van der Waals surface area contributed by atoms with Crippen LogP contribution in [0.4, 0.5) is 0 Å². The Kier molecular flexibility index (Phi) is 4.03. The Bertz CT molecular complexity index is 601. The predicted molar refractivity (Wildman–Crippen MR) is 82.8 cm³/mol. The first-order valence-electron chi connectivity index (χ1n) is 6.82. The molecular weight excluding hydrogens is 316 g/mol. The van der Waals surface area contributed by atoms with Crippen LogP contribution in [0.15, 0.2) is 41.0 Å². The summed E-state index contributed by atoms with van der Waals surface area (Å²) >= 11 is 3.57. The number of ether oxygens (including phenoxy) is 1. The average Bonchev–Trinajstić information content (AvgIpc) is 2.93. The molecule has 0 saturated heterocycles. The van der Waals surface area contributed by atoms with Crippen LogP contribution in [0.3, 0.4) is 0 Å². The average molecular weight is 333 g/mol. The molecule has 2 heterocycles. The summed E-state index contributed by atoms with van der Waals surface area (Å²) in [7, 11) is 0. The minimum absolute atomic E-state index is 0.215. The fraction of sp³-hybridized carbons (Fsp3) is 0.312. The molecule has 1 aromatic heterocycles. The van der Waals surface area contributed by atoms with Gasteiger partial charge in [-0.2, -0.15) is 0 Å². The van der Waals surface area contributed by atoms with Gasteiger partial charge in [0, 0.05) is 35.2 Å². The van der Waals surface area contributed by atoms with Gasteiger partial charge in [-0.3, -0.25) is 4.98 Å². The molecule has 0 fully saturated rings. The van der Waals surface area contributed by atoms with Crippen molar-refractivity contribution in [3.63, 3.8) is 0 Å². The standard InChI is InChI=1S/C16H17BrN2O/c1-11(15-4-2-3-6-18-15)19-10-13-9-14(17)8-12-5-7-20-16(12)13/h2-4,6,8-9,11,19H,5,7,10H2,1H3/t11-/m1/s1. The van der Waals surface area contributed by atoms with Gasteiger partial charge in [0.1, 0.15) is 5.75 Å². The van der Waals surface area contributed by atoms with Crippen molar-refractivity contribution in [2.45, 2.75) is 25.9 Å². The minimum Gasteiger partial charge on any atom is -0.493 e. The molecule has 2 aromatic rings. The van der Waals surface area contributed by atoms with Gasteiger partial charge < -0.3 is 10.1 Å². The first-order chi connectivity index (χ1) is 9.74. The van der Waals surface area contributed by atoms with Gasteiger partial charge in [-0.15, -0.1) is 0 Å². The first-order valence-corrected chi connectivity index (χ1v) is 7.62. The summed E-state index contributed by atoms with van der Waals surface area (Å²) in [6, 6.07) is 10.5. The molecule has 0 unspecified atom stereocenters. The number of benzene rings is 1. The molecular formula is C16H17BrN2O. The highest BCUT2D eigenvalue weighted by molar-refractivity contribution is 9.10. The molecule has 0 bridgehead atoms. The van der Waals surface area contributed by atoms with E-state index in [0.29, 0.717) is 0 Å². The summed E-state index contributed by atoms with van der Waals surface area (Å²) in [5, 5.41) is 3.51. The highest BCUT2D eigenvalue weighted by atomic mass is 79.9. The minimum atomic E-state index is 0.215. The topological polar surface area (TPSA) is 34.1 Å². The molecule has 1 N–H and O–H groups in total. The number of pyridine rings is 1. The van der Waals surface area contributed by atoms with Gasteiger partial charge in [-0.1, -0.05) is 22.0 Å². The lowest BCUT2D eigenvalue weighted by Gasteiger charge is -2.15. The second-order valence-corrected chi connectivity index (χ2v) is 5.92. The van der Waals surface area contributed by atoms with Crippen LogP contribution in [0.1, 0.15) is 29.8 Å². The molecule has 1 aromatic carbocycles. The van der Waals surface area contributed by atoms with Crippen molar-refractivity contribution in [3.05, 3.63) is 57.8 Å². The number of hydrogen-bond acceptors (Lipinski definition) is 3. The van der Waals surface area contributed by atoms with Gasteiger partial charge in [0.15, 0.2) is 0 Å². The van der Waals surface area contributed by atoms with E-state index >= 15 is 0 Å². The van der Waals surface area contributed by atoms with Crippen LogP contribution in [0.5, 0.6) is 5.75 Å². The molecule has 0 amide bonds. The molecule has 0 spiro atoms. The van der Waals surface area contributed by atoms with E-state index in [-0.39, 0.29) is 6.04 Å². The Hall–Kier alpha value is -1.39. The van der Waals surface area contributed by atoms with Crippen molar-refractivity contribution in [2.24, 2.45) is 0 Å². The fourth-order valence-corrected chi connectivity index (χ4v) is 3.03. The van der Waals surface area contributed by atoms with Crippen LogP contribution in [0.2, 0.25) is 0 Å². The van der Waals surface area contributed by atoms with Crippen molar-refractivity contribution in [3.8, 4) is 5.75 Å². The number of halogens is 1. The third-order valence-corrected chi connectivity index (χ3v) is 4.01. The molecule has 1 aliphatic heterocycles. The summed E-state index contributed by atoms with van der Waals surface area (Å²) in [5.41, 5.74) is 3.55. The Morgan fingerprint density at radius 3 is 3.10 bits per heavy atom. The van der Waals surface area contributed by atoms with E-state index < -0.39 is 0 Å². The molecule has 1 atom stereocenters. The lowest BCUT2D eigenvalue weighted by atomic mass is 10.1. The SMILES string of the molecule is C[C@@H](NCc1cc(Br)cc2c1OCC2)c1ccccn1. The number of nitrogens with zero attached hydrogens (tertiary/aromatic N) is 1. The van der Waals surface area contributed by atoms with Crippen LogP contribution >= 0.6 is 15.9 Å². The predicted octanol–water partition coefficient (Wildman–Crippen LogP) is 3.63. The van der Waals surface area contributed by atoms with E-state index in [2.05, 4.69) is 45.3 Å². The zero-order valence-electron chi connectivity index (χ0n) is 11.4. The zero-order valence-corrected chi connectivity index (χ0v) is 13.0. The molecule has 0 saturated carbocycles. The van der Waals surface area contributed by atoms with Crippen LogP contribution < -0.4 is 10.1 Å². The van der Waals surface area contributed by atoms with E-state index in [0.717, 1.165) is 35.5 Å². The maximum absolute atomic E-state index is 5.75. The molecule has 3 nitrogen and oxygen atoms in total. The normalized spacial score (nSPS) is 14.7. The van der Waals surface area contributed by atoms with Gasteiger partial charge in [0.25, 0.3) is 0 Å². The summed E-state index contributed by atoms with van der Waals surface area (Å²) in [4.78, 5) is 4.38. The molecule has 3 rings (SSSR count). The van der Waals surface area contributed by atoms with Gasteiger partial charge >= 0.3 is 0 Å². The van der Waals surface area contributed by atoms with Gasteiger partial charge in [-0.25, -0.2) is 0 Å². The van der Waals surface area contributed by atoms with Crippen molar-refractivity contribution in [2.75, 3.05) is 6.61 Å². The Morgan fingerprint density at radius 1 is 1.40 bits per heavy atom. The Morgan fingerprint density at radius 2 is 2.30 bits per heavy atom. The van der Waals surface area contributed by atoms with Crippen molar-refractivity contribution in [1.29, 1.82) is 0 Å². The second kappa shape index (κ2) is 5.94. The smallest absolute Gasteiger partial charge is 0.127 e. The second-order valence-electron chi connectivity index (χ2n) is 5.01. The number of hydrogen-bond donors (Lipinski definition) is 1. The van der Waals surface area contributed by atoms with E-state index in [1.54, 1.807) is 0 Å².